The second kappa shape index (κ2) is 7.41. The maximum Gasteiger partial charge on any atom is 0.303 e. The number of amides is 1. The molecular weight excluding hydrogens is 278 g/mol. The zero-order valence-corrected chi connectivity index (χ0v) is 12.0. The van der Waals surface area contributed by atoms with Gasteiger partial charge in [-0.25, -0.2) is 4.68 Å². The van der Waals surface area contributed by atoms with Crippen LogP contribution in [0.2, 0.25) is 0 Å². The Balaban J connectivity index is 2.77. The Morgan fingerprint density at radius 1 is 1.33 bits per heavy atom. The molecule has 1 aromatic heterocycles. The van der Waals surface area contributed by atoms with Crippen molar-refractivity contribution in [3.63, 3.8) is 0 Å². The zero-order valence-electron chi connectivity index (χ0n) is 12.0. The fourth-order valence-electron chi connectivity index (χ4n) is 1.88. The van der Waals surface area contributed by atoms with Gasteiger partial charge in [-0.3, -0.25) is 24.3 Å². The SMILES string of the molecule is CC(C)N(CCCC(=O)O)C(=O)Cn1[nH]c(=O)ccc1=O. The molecule has 8 heteroatoms. The van der Waals surface area contributed by atoms with Crippen molar-refractivity contribution in [1.82, 2.24) is 14.7 Å². The van der Waals surface area contributed by atoms with Gasteiger partial charge >= 0.3 is 5.97 Å². The number of carboxylic acids is 1. The van der Waals surface area contributed by atoms with Crippen molar-refractivity contribution >= 4 is 11.9 Å². The van der Waals surface area contributed by atoms with E-state index in [0.29, 0.717) is 6.42 Å². The van der Waals surface area contributed by atoms with E-state index < -0.39 is 17.1 Å². The van der Waals surface area contributed by atoms with E-state index in [-0.39, 0.29) is 31.5 Å². The molecule has 0 aliphatic rings. The molecule has 0 radical (unpaired) electrons. The molecule has 0 saturated heterocycles. The van der Waals surface area contributed by atoms with Gasteiger partial charge in [0.15, 0.2) is 0 Å². The topological polar surface area (TPSA) is 112 Å². The summed E-state index contributed by atoms with van der Waals surface area (Å²) in [6.45, 7) is 3.61. The van der Waals surface area contributed by atoms with Gasteiger partial charge in [0.2, 0.25) is 5.91 Å². The minimum absolute atomic E-state index is 0.0291. The summed E-state index contributed by atoms with van der Waals surface area (Å²) in [5.41, 5.74) is -0.943. The molecular formula is C13H19N3O5. The third-order valence-corrected chi connectivity index (χ3v) is 2.92. The van der Waals surface area contributed by atoms with Crippen LogP contribution < -0.4 is 11.1 Å². The molecule has 1 rings (SSSR count). The molecule has 0 aliphatic heterocycles. The largest absolute Gasteiger partial charge is 0.481 e. The highest BCUT2D eigenvalue weighted by atomic mass is 16.4. The number of carboxylic acid groups (broad SMARTS) is 1. The van der Waals surface area contributed by atoms with Crippen LogP contribution in [0.3, 0.4) is 0 Å². The van der Waals surface area contributed by atoms with Gasteiger partial charge in [0, 0.05) is 31.1 Å². The zero-order chi connectivity index (χ0) is 16.0. The molecule has 0 spiro atoms. The van der Waals surface area contributed by atoms with Crippen LogP contribution in [-0.4, -0.2) is 44.3 Å². The quantitative estimate of drug-likeness (QED) is 0.713. The molecule has 8 nitrogen and oxygen atoms in total. The first kappa shape index (κ1) is 16.7. The number of rotatable bonds is 7. The van der Waals surface area contributed by atoms with Crippen LogP contribution >= 0.6 is 0 Å². The Hall–Kier alpha value is -2.38. The van der Waals surface area contributed by atoms with Crippen molar-refractivity contribution in [2.75, 3.05) is 6.54 Å². The van der Waals surface area contributed by atoms with Crippen molar-refractivity contribution in [3.8, 4) is 0 Å². The maximum absolute atomic E-state index is 12.2. The molecule has 0 aliphatic carbocycles. The summed E-state index contributed by atoms with van der Waals surface area (Å²) in [5, 5.41) is 10.9. The predicted molar refractivity (Wildman–Crippen MR) is 75.0 cm³/mol. The minimum atomic E-state index is -0.922. The van der Waals surface area contributed by atoms with Gasteiger partial charge in [0.1, 0.15) is 6.54 Å². The Morgan fingerprint density at radius 2 is 2.00 bits per heavy atom. The second-order valence-electron chi connectivity index (χ2n) is 4.91. The van der Waals surface area contributed by atoms with E-state index in [1.54, 1.807) is 13.8 Å². The van der Waals surface area contributed by atoms with Crippen molar-refractivity contribution < 1.29 is 14.7 Å². The van der Waals surface area contributed by atoms with Crippen LogP contribution in [0.15, 0.2) is 21.7 Å². The molecule has 0 unspecified atom stereocenters. The van der Waals surface area contributed by atoms with Crippen molar-refractivity contribution in [3.05, 3.63) is 32.8 Å². The van der Waals surface area contributed by atoms with Gasteiger partial charge in [-0.05, 0) is 20.3 Å². The number of carbonyl (C=O) groups excluding carboxylic acids is 1. The van der Waals surface area contributed by atoms with Crippen molar-refractivity contribution in [2.45, 2.75) is 39.3 Å². The summed E-state index contributed by atoms with van der Waals surface area (Å²) in [4.78, 5) is 46.9. The van der Waals surface area contributed by atoms with Gasteiger partial charge in [-0.15, -0.1) is 0 Å². The second-order valence-corrected chi connectivity index (χ2v) is 4.91. The molecule has 0 atom stereocenters. The molecule has 0 aromatic carbocycles. The van der Waals surface area contributed by atoms with Gasteiger partial charge in [-0.2, -0.15) is 0 Å². The summed E-state index contributed by atoms with van der Waals surface area (Å²) < 4.78 is 0.942. The fraction of sp³-hybridized carbons (Fsp3) is 0.538. The Labute approximate surface area is 121 Å². The van der Waals surface area contributed by atoms with E-state index in [1.807, 2.05) is 0 Å². The third-order valence-electron chi connectivity index (χ3n) is 2.92. The van der Waals surface area contributed by atoms with Crippen LogP contribution in [0.1, 0.15) is 26.7 Å². The number of hydrogen-bond acceptors (Lipinski definition) is 4. The summed E-state index contributed by atoms with van der Waals surface area (Å²) >= 11 is 0. The van der Waals surface area contributed by atoms with E-state index in [9.17, 15) is 19.2 Å². The first-order valence-electron chi connectivity index (χ1n) is 6.62. The molecule has 21 heavy (non-hydrogen) atoms. The lowest BCUT2D eigenvalue weighted by Gasteiger charge is -2.26. The molecule has 2 N–H and O–H groups in total. The number of nitrogens with zero attached hydrogens (tertiary/aromatic N) is 2. The highest BCUT2D eigenvalue weighted by Gasteiger charge is 2.18. The molecule has 1 heterocycles. The average molecular weight is 297 g/mol. The lowest BCUT2D eigenvalue weighted by Crippen LogP contribution is -2.42. The number of aliphatic carboxylic acids is 1. The Bertz CT molecular complexity index is 617. The standard InChI is InChI=1S/C13H19N3O5/c1-9(2)15(7-3-4-13(20)21)12(19)8-16-11(18)6-5-10(17)14-16/h5-6,9H,3-4,7-8H2,1-2H3,(H,14,17)(H,20,21). The number of carbonyl (C=O) groups is 2. The molecule has 1 aromatic rings. The summed E-state index contributed by atoms with van der Waals surface area (Å²) in [5.74, 6) is -1.27. The van der Waals surface area contributed by atoms with Gasteiger partial charge < -0.3 is 10.0 Å². The summed E-state index contributed by atoms with van der Waals surface area (Å²) in [7, 11) is 0. The van der Waals surface area contributed by atoms with E-state index >= 15 is 0 Å². The first-order chi connectivity index (χ1) is 9.81. The molecule has 1 amide bonds. The van der Waals surface area contributed by atoms with Gasteiger partial charge in [0.25, 0.3) is 11.1 Å². The molecule has 0 saturated carbocycles. The minimum Gasteiger partial charge on any atom is -0.481 e. The number of aromatic amines is 1. The predicted octanol–water partition coefficient (Wildman–Crippen LogP) is -0.362. The third kappa shape index (κ3) is 5.25. The highest BCUT2D eigenvalue weighted by molar-refractivity contribution is 5.76. The van der Waals surface area contributed by atoms with Crippen molar-refractivity contribution in [2.24, 2.45) is 0 Å². The van der Waals surface area contributed by atoms with Crippen LogP contribution in [0.4, 0.5) is 0 Å². The van der Waals surface area contributed by atoms with Crippen molar-refractivity contribution in [1.29, 1.82) is 0 Å². The lowest BCUT2D eigenvalue weighted by molar-refractivity contribution is -0.138. The average Bonchev–Trinajstić information content (AvgIpc) is 2.38. The van der Waals surface area contributed by atoms with E-state index in [4.69, 9.17) is 5.11 Å². The Morgan fingerprint density at radius 3 is 2.57 bits per heavy atom. The van der Waals surface area contributed by atoms with Crippen LogP contribution in [0.5, 0.6) is 0 Å². The van der Waals surface area contributed by atoms with E-state index in [2.05, 4.69) is 5.10 Å². The summed E-state index contributed by atoms with van der Waals surface area (Å²) in [6, 6.07) is 2.06. The fourth-order valence-corrected chi connectivity index (χ4v) is 1.88. The number of nitrogens with one attached hydrogen (secondary N) is 1. The lowest BCUT2D eigenvalue weighted by atomic mass is 10.2. The highest BCUT2D eigenvalue weighted by Crippen LogP contribution is 2.03. The molecule has 0 bridgehead atoms. The smallest absolute Gasteiger partial charge is 0.303 e. The number of H-pyrrole nitrogens is 1. The molecule has 0 fully saturated rings. The van der Waals surface area contributed by atoms with Gasteiger partial charge in [0.05, 0.1) is 0 Å². The maximum atomic E-state index is 12.2. The van der Waals surface area contributed by atoms with Crippen LogP contribution in [-0.2, 0) is 16.1 Å². The van der Waals surface area contributed by atoms with Gasteiger partial charge in [-0.1, -0.05) is 0 Å². The Kier molecular flexibility index (Phi) is 5.89. The van der Waals surface area contributed by atoms with Crippen LogP contribution in [0, 0.1) is 0 Å². The van der Waals surface area contributed by atoms with E-state index in [1.165, 1.54) is 4.90 Å². The number of aromatic nitrogens is 2. The van der Waals surface area contributed by atoms with E-state index in [0.717, 1.165) is 16.8 Å². The van der Waals surface area contributed by atoms with Crippen LogP contribution in [0.25, 0.3) is 0 Å². The normalized spacial score (nSPS) is 10.6. The number of hydrogen-bond donors (Lipinski definition) is 2. The molecule has 116 valence electrons. The first-order valence-corrected chi connectivity index (χ1v) is 6.62. The summed E-state index contributed by atoms with van der Waals surface area (Å²) in [6.07, 6.45) is 0.304. The monoisotopic (exact) mass is 297 g/mol.